The molecule has 0 bridgehead atoms. The molecule has 1 amide bonds. The van der Waals surface area contributed by atoms with Crippen molar-refractivity contribution >= 4 is 18.5 Å². The van der Waals surface area contributed by atoms with E-state index in [2.05, 4.69) is 51.7 Å². The molecule has 1 aromatic rings. The number of benzene rings is 1. The topological polar surface area (TPSA) is 29.1 Å². The first kappa shape index (κ1) is 15.1. The van der Waals surface area contributed by atoms with Gasteiger partial charge in [-0.15, -0.1) is 0 Å². The smallest absolute Gasteiger partial charge is 0.220 e. The first-order valence-corrected chi connectivity index (χ1v) is 7.04. The number of thiol groups is 1. The largest absolute Gasteiger partial charge is 0.356 e. The first-order valence-electron chi connectivity index (χ1n) is 6.41. The highest BCUT2D eigenvalue weighted by atomic mass is 32.1. The monoisotopic (exact) mass is 265 g/mol. The molecule has 0 saturated carbocycles. The van der Waals surface area contributed by atoms with Gasteiger partial charge >= 0.3 is 0 Å². The maximum Gasteiger partial charge on any atom is 0.220 e. The molecular formula is C15H23NOS. The summed E-state index contributed by atoms with van der Waals surface area (Å²) in [5.74, 6) is 0.692. The van der Waals surface area contributed by atoms with Crippen LogP contribution in [0.15, 0.2) is 6.07 Å². The Morgan fingerprint density at radius 3 is 2.22 bits per heavy atom. The van der Waals surface area contributed by atoms with Crippen LogP contribution in [0.4, 0.5) is 0 Å². The number of rotatable bonds is 5. The second-order valence-corrected chi connectivity index (χ2v) is 5.26. The molecule has 18 heavy (non-hydrogen) atoms. The van der Waals surface area contributed by atoms with Gasteiger partial charge in [0.25, 0.3) is 0 Å². The highest BCUT2D eigenvalue weighted by Gasteiger charge is 2.08. The van der Waals surface area contributed by atoms with Crippen LogP contribution in [-0.4, -0.2) is 18.2 Å². The predicted octanol–water partition coefficient (Wildman–Crippen LogP) is 2.90. The van der Waals surface area contributed by atoms with E-state index in [1.807, 2.05) is 0 Å². The summed E-state index contributed by atoms with van der Waals surface area (Å²) in [5, 5.41) is 2.94. The van der Waals surface area contributed by atoms with Gasteiger partial charge in [-0.3, -0.25) is 4.79 Å². The minimum absolute atomic E-state index is 0.0877. The molecule has 0 aromatic heterocycles. The summed E-state index contributed by atoms with van der Waals surface area (Å²) in [6, 6.07) is 2.23. The van der Waals surface area contributed by atoms with Crippen molar-refractivity contribution in [2.75, 3.05) is 12.3 Å². The van der Waals surface area contributed by atoms with Crippen LogP contribution in [0.5, 0.6) is 0 Å². The van der Waals surface area contributed by atoms with Crippen molar-refractivity contribution in [1.29, 1.82) is 0 Å². The Kier molecular flexibility index (Phi) is 5.73. The quantitative estimate of drug-likeness (QED) is 0.788. The fraction of sp³-hybridized carbons (Fsp3) is 0.533. The predicted molar refractivity (Wildman–Crippen MR) is 80.6 cm³/mol. The van der Waals surface area contributed by atoms with E-state index in [-0.39, 0.29) is 5.91 Å². The van der Waals surface area contributed by atoms with E-state index in [1.54, 1.807) is 0 Å². The summed E-state index contributed by atoms with van der Waals surface area (Å²) in [7, 11) is 0. The van der Waals surface area contributed by atoms with Crippen molar-refractivity contribution in [2.45, 2.75) is 40.5 Å². The van der Waals surface area contributed by atoms with Crippen LogP contribution in [-0.2, 0) is 11.2 Å². The molecule has 0 atom stereocenters. The summed E-state index contributed by atoms with van der Waals surface area (Å²) in [4.78, 5) is 11.4. The Morgan fingerprint density at radius 1 is 1.17 bits per heavy atom. The van der Waals surface area contributed by atoms with Crippen molar-refractivity contribution in [2.24, 2.45) is 0 Å². The van der Waals surface area contributed by atoms with Crippen LogP contribution in [0.2, 0.25) is 0 Å². The third-order valence-corrected chi connectivity index (χ3v) is 3.78. The average molecular weight is 265 g/mol. The van der Waals surface area contributed by atoms with Crippen molar-refractivity contribution in [3.05, 3.63) is 33.9 Å². The van der Waals surface area contributed by atoms with Crippen molar-refractivity contribution in [3.8, 4) is 0 Å². The molecule has 0 unspecified atom stereocenters. The molecule has 2 nitrogen and oxygen atoms in total. The van der Waals surface area contributed by atoms with Gasteiger partial charge in [-0.25, -0.2) is 0 Å². The first-order chi connectivity index (χ1) is 8.47. The van der Waals surface area contributed by atoms with Gasteiger partial charge in [0.15, 0.2) is 0 Å². The maximum absolute atomic E-state index is 11.4. The third-order valence-electron chi connectivity index (χ3n) is 3.56. The highest BCUT2D eigenvalue weighted by molar-refractivity contribution is 7.80. The van der Waals surface area contributed by atoms with Gasteiger partial charge in [-0.2, -0.15) is 12.6 Å². The molecule has 100 valence electrons. The van der Waals surface area contributed by atoms with Crippen molar-refractivity contribution in [3.63, 3.8) is 0 Å². The van der Waals surface area contributed by atoms with Gasteiger partial charge in [0.2, 0.25) is 5.91 Å². The van der Waals surface area contributed by atoms with E-state index in [9.17, 15) is 4.79 Å². The standard InChI is InChI=1S/C15H23NOS/c1-10-9-11(2)13(4)14(12(10)3)5-7-16-15(17)6-8-18/h9,18H,5-8H2,1-4H3,(H,16,17). The minimum atomic E-state index is 0.0877. The molecule has 0 aliphatic rings. The lowest BCUT2D eigenvalue weighted by atomic mass is 9.92. The van der Waals surface area contributed by atoms with Gasteiger partial charge in [-0.05, 0) is 67.7 Å². The van der Waals surface area contributed by atoms with E-state index < -0.39 is 0 Å². The minimum Gasteiger partial charge on any atom is -0.356 e. The highest BCUT2D eigenvalue weighted by Crippen LogP contribution is 2.21. The average Bonchev–Trinajstić information content (AvgIpc) is 2.31. The van der Waals surface area contributed by atoms with Gasteiger partial charge in [-0.1, -0.05) is 6.07 Å². The van der Waals surface area contributed by atoms with Crippen LogP contribution in [0, 0.1) is 27.7 Å². The summed E-state index contributed by atoms with van der Waals surface area (Å²) in [6.07, 6.45) is 1.40. The van der Waals surface area contributed by atoms with Gasteiger partial charge in [0.05, 0.1) is 0 Å². The van der Waals surface area contributed by atoms with Crippen LogP contribution >= 0.6 is 12.6 Å². The number of carbonyl (C=O) groups is 1. The Bertz CT molecular complexity index is 414. The summed E-state index contributed by atoms with van der Waals surface area (Å²) in [6.45, 7) is 9.31. The number of hydrogen-bond donors (Lipinski definition) is 2. The number of carbonyl (C=O) groups excluding carboxylic acids is 1. The maximum atomic E-state index is 11.4. The zero-order valence-corrected chi connectivity index (χ0v) is 12.7. The van der Waals surface area contributed by atoms with Crippen LogP contribution in [0.25, 0.3) is 0 Å². The van der Waals surface area contributed by atoms with E-state index in [0.717, 1.165) is 6.42 Å². The molecule has 0 heterocycles. The Hall–Kier alpha value is -0.960. The van der Waals surface area contributed by atoms with Crippen LogP contribution in [0.3, 0.4) is 0 Å². The molecular weight excluding hydrogens is 242 g/mol. The number of nitrogens with one attached hydrogen (secondary N) is 1. The Morgan fingerprint density at radius 2 is 1.72 bits per heavy atom. The molecule has 1 N–H and O–H groups in total. The summed E-state index contributed by atoms with van der Waals surface area (Å²) in [5.41, 5.74) is 6.73. The van der Waals surface area contributed by atoms with E-state index in [1.165, 1.54) is 27.8 Å². The van der Waals surface area contributed by atoms with Crippen LogP contribution in [0.1, 0.15) is 34.2 Å². The molecule has 0 aliphatic heterocycles. The lowest BCUT2D eigenvalue weighted by Gasteiger charge is -2.15. The van der Waals surface area contributed by atoms with E-state index in [0.29, 0.717) is 18.7 Å². The number of hydrogen-bond acceptors (Lipinski definition) is 2. The lowest BCUT2D eigenvalue weighted by Crippen LogP contribution is -2.26. The van der Waals surface area contributed by atoms with Gasteiger partial charge in [0, 0.05) is 13.0 Å². The normalized spacial score (nSPS) is 10.5. The third kappa shape index (κ3) is 3.77. The van der Waals surface area contributed by atoms with Gasteiger partial charge < -0.3 is 5.32 Å². The second-order valence-electron chi connectivity index (χ2n) is 4.81. The van der Waals surface area contributed by atoms with Gasteiger partial charge in [0.1, 0.15) is 0 Å². The SMILES string of the molecule is Cc1cc(C)c(C)c(CCNC(=O)CCS)c1C. The fourth-order valence-electron chi connectivity index (χ4n) is 2.19. The lowest BCUT2D eigenvalue weighted by molar-refractivity contribution is -0.120. The number of aryl methyl sites for hydroxylation is 2. The van der Waals surface area contributed by atoms with Crippen molar-refractivity contribution in [1.82, 2.24) is 5.32 Å². The fourth-order valence-corrected chi connectivity index (χ4v) is 2.39. The van der Waals surface area contributed by atoms with Crippen molar-refractivity contribution < 1.29 is 4.79 Å². The molecule has 1 aromatic carbocycles. The molecule has 0 radical (unpaired) electrons. The van der Waals surface area contributed by atoms with E-state index >= 15 is 0 Å². The molecule has 0 saturated heterocycles. The molecule has 0 fully saturated rings. The molecule has 0 aliphatic carbocycles. The Balaban J connectivity index is 2.70. The molecule has 1 rings (SSSR count). The molecule has 0 spiro atoms. The Labute approximate surface area is 116 Å². The van der Waals surface area contributed by atoms with Crippen LogP contribution < -0.4 is 5.32 Å². The van der Waals surface area contributed by atoms with E-state index in [4.69, 9.17) is 0 Å². The summed E-state index contributed by atoms with van der Waals surface area (Å²) >= 11 is 4.05. The zero-order valence-electron chi connectivity index (χ0n) is 11.8. The summed E-state index contributed by atoms with van der Waals surface area (Å²) < 4.78 is 0. The number of amides is 1. The molecule has 3 heteroatoms. The second kappa shape index (κ2) is 6.83. The zero-order chi connectivity index (χ0) is 13.7.